The number of carbonyl (C=O) groups excluding carboxylic acids is 3. The fourth-order valence-corrected chi connectivity index (χ4v) is 5.71. The molecule has 0 fully saturated rings. The van der Waals surface area contributed by atoms with Gasteiger partial charge in [0.25, 0.3) is 5.91 Å². The third kappa shape index (κ3) is 6.79. The Bertz CT molecular complexity index is 1770. The van der Waals surface area contributed by atoms with E-state index < -0.39 is 51.5 Å². The number of primary amides is 1. The number of ketones is 1. The summed E-state index contributed by atoms with van der Waals surface area (Å²) in [5, 5.41) is 6.74. The van der Waals surface area contributed by atoms with Crippen molar-refractivity contribution in [3.63, 3.8) is 0 Å². The van der Waals surface area contributed by atoms with Gasteiger partial charge in [0.1, 0.15) is 35.5 Å². The molecule has 2 aromatic carbocycles. The van der Waals surface area contributed by atoms with E-state index in [1.165, 1.54) is 18.3 Å². The van der Waals surface area contributed by atoms with Gasteiger partial charge in [0.05, 0.1) is 17.3 Å². The first-order valence-corrected chi connectivity index (χ1v) is 14.3. The minimum absolute atomic E-state index is 0.0915. The Morgan fingerprint density at radius 2 is 1.80 bits per heavy atom. The van der Waals surface area contributed by atoms with Gasteiger partial charge in [-0.3, -0.25) is 24.0 Å². The van der Waals surface area contributed by atoms with Gasteiger partial charge >= 0.3 is 3.93 Å². The highest BCUT2D eigenvalue weighted by Gasteiger charge is 2.38. The fourth-order valence-electron chi connectivity index (χ4n) is 5.28. The number of nitrogens with zero attached hydrogens (tertiary/aromatic N) is 3. The van der Waals surface area contributed by atoms with Crippen molar-refractivity contribution < 1.29 is 36.3 Å². The first-order chi connectivity index (χ1) is 20.8. The second-order valence-corrected chi connectivity index (χ2v) is 11.6. The Morgan fingerprint density at radius 1 is 1.07 bits per heavy atom. The maximum Gasteiger partial charge on any atom is 0.340 e. The molecule has 0 saturated carbocycles. The number of halogens is 6. The highest BCUT2D eigenvalue weighted by atomic mass is 127. The minimum atomic E-state index is -3.38. The van der Waals surface area contributed by atoms with Gasteiger partial charge in [-0.2, -0.15) is 13.9 Å². The molecule has 2 heterocycles. The summed E-state index contributed by atoms with van der Waals surface area (Å²) < 4.78 is 68.9. The number of pyridine rings is 1. The molecule has 2 aromatic heterocycles. The van der Waals surface area contributed by atoms with Crippen LogP contribution in [-0.4, -0.2) is 32.4 Å². The number of benzene rings is 2. The number of nitrogens with one attached hydrogen (secondary N) is 1. The van der Waals surface area contributed by atoms with Crippen molar-refractivity contribution in [2.45, 2.75) is 42.2 Å². The Labute approximate surface area is 261 Å². The van der Waals surface area contributed by atoms with Crippen LogP contribution in [0.3, 0.4) is 0 Å². The van der Waals surface area contributed by atoms with Crippen LogP contribution in [0.25, 0.3) is 11.1 Å². The molecule has 44 heavy (non-hydrogen) atoms. The topological polar surface area (TPSA) is 120 Å². The Morgan fingerprint density at radius 3 is 2.48 bits per heavy atom. The zero-order valence-electron chi connectivity index (χ0n) is 22.7. The van der Waals surface area contributed by atoms with Crippen molar-refractivity contribution in [1.29, 1.82) is 0 Å². The van der Waals surface area contributed by atoms with Crippen molar-refractivity contribution >= 4 is 40.2 Å². The predicted octanol–water partition coefficient (Wildman–Crippen LogP) is 5.10. The van der Waals surface area contributed by atoms with E-state index in [9.17, 15) is 36.3 Å². The van der Waals surface area contributed by atoms with Gasteiger partial charge in [-0.25, -0.2) is 13.2 Å². The van der Waals surface area contributed by atoms with Crippen LogP contribution < -0.4 is 11.1 Å². The van der Waals surface area contributed by atoms with Crippen LogP contribution >= 0.6 is 22.6 Å². The lowest BCUT2D eigenvalue weighted by atomic mass is 9.94. The molecule has 1 atom stereocenters. The number of amides is 2. The first kappa shape index (κ1) is 31.2. The van der Waals surface area contributed by atoms with E-state index in [0.29, 0.717) is 22.9 Å². The molecule has 0 unspecified atom stereocenters. The largest absolute Gasteiger partial charge is 0.366 e. The number of hydrogen-bond acceptors (Lipinski definition) is 5. The maximum atomic E-state index is 14.3. The van der Waals surface area contributed by atoms with Crippen molar-refractivity contribution in [1.82, 2.24) is 20.1 Å². The average molecular weight is 723 g/mol. The molecule has 0 radical (unpaired) electrons. The molecule has 0 saturated heterocycles. The molecule has 1 aliphatic rings. The molecule has 228 valence electrons. The average Bonchev–Trinajstić information content (AvgIpc) is 3.30. The third-order valence-electron chi connectivity index (χ3n) is 7.15. The number of hydrogen-bond donors (Lipinski definition) is 2. The minimum Gasteiger partial charge on any atom is -0.366 e. The van der Waals surface area contributed by atoms with E-state index in [1.807, 2.05) is 0 Å². The lowest BCUT2D eigenvalue weighted by Gasteiger charge is -2.22. The second-order valence-electron chi connectivity index (χ2n) is 10.2. The second kappa shape index (κ2) is 12.4. The van der Waals surface area contributed by atoms with E-state index in [0.717, 1.165) is 45.5 Å². The van der Waals surface area contributed by atoms with Gasteiger partial charge in [0.15, 0.2) is 0 Å². The monoisotopic (exact) mass is 723 g/mol. The van der Waals surface area contributed by atoms with Crippen molar-refractivity contribution in [2.24, 2.45) is 5.73 Å². The van der Waals surface area contributed by atoms with Gasteiger partial charge in [-0.1, -0.05) is 12.1 Å². The zero-order valence-corrected chi connectivity index (χ0v) is 24.9. The summed E-state index contributed by atoms with van der Waals surface area (Å²) >= 11 is 0.922. The summed E-state index contributed by atoms with van der Waals surface area (Å²) in [6.45, 7) is -0.498. The molecule has 8 nitrogen and oxygen atoms in total. The van der Waals surface area contributed by atoms with Gasteiger partial charge in [-0.15, -0.1) is 0 Å². The number of nitrogens with two attached hydrogens (primary N) is 1. The summed E-state index contributed by atoms with van der Waals surface area (Å²) in [6.07, 6.45) is 1.28. The zero-order chi connectivity index (χ0) is 31.8. The molecular formula is C30H23F5IN5O3. The number of aromatic nitrogens is 3. The lowest BCUT2D eigenvalue weighted by Crippen LogP contribution is -2.34. The Balaban J connectivity index is 1.53. The van der Waals surface area contributed by atoms with E-state index in [4.69, 9.17) is 5.73 Å². The van der Waals surface area contributed by atoms with Crippen LogP contribution in [0.15, 0.2) is 54.7 Å². The van der Waals surface area contributed by atoms with Gasteiger partial charge in [-0.05, 0) is 54.3 Å². The van der Waals surface area contributed by atoms with Crippen molar-refractivity contribution in [3.05, 3.63) is 106 Å². The van der Waals surface area contributed by atoms with Crippen molar-refractivity contribution in [2.75, 3.05) is 0 Å². The number of Topliss-reactive ketones (excluding diaryl/α,β-unsaturated/α-hetero) is 1. The lowest BCUT2D eigenvalue weighted by molar-refractivity contribution is -0.122. The summed E-state index contributed by atoms with van der Waals surface area (Å²) in [5.41, 5.74) is 5.85. The number of fused-ring (bicyclic) bond motifs is 1. The van der Waals surface area contributed by atoms with E-state index in [2.05, 4.69) is 15.4 Å². The standard InChI is InChI=1S/C30H23F5IN5O3/c31-17-8-15(9-18(32)12-17)10-24(27-20(2-1-7-38-27)16-3-5-23(33)21(11-16)29(37)44)39-26(43)14-41-25-6-4-19(42)13-22(25)28(40-41)30(34,35)36/h1-3,5,7-9,11-12,24H,4,6,10,13-14H2,(H2,37,44)(H,39,43)/t24-/m0/s1. The molecule has 0 bridgehead atoms. The smallest absolute Gasteiger partial charge is 0.340 e. The number of rotatable bonds is 9. The van der Waals surface area contributed by atoms with Crippen LogP contribution in [0, 0.1) is 17.5 Å². The molecular weight excluding hydrogens is 700 g/mol. The maximum absolute atomic E-state index is 14.3. The first-order valence-electron chi connectivity index (χ1n) is 13.3. The highest BCUT2D eigenvalue weighted by Crippen LogP contribution is 2.39. The quantitative estimate of drug-likeness (QED) is 0.142. The van der Waals surface area contributed by atoms with Crippen LogP contribution in [0.5, 0.6) is 0 Å². The van der Waals surface area contributed by atoms with Crippen LogP contribution in [-0.2, 0) is 39.3 Å². The normalized spacial score (nSPS) is 13.8. The van der Waals surface area contributed by atoms with E-state index in [-0.39, 0.29) is 53.9 Å². The molecule has 14 heteroatoms. The van der Waals surface area contributed by atoms with Gasteiger partial charge < -0.3 is 11.1 Å². The molecule has 0 aliphatic heterocycles. The molecule has 3 N–H and O–H groups in total. The summed E-state index contributed by atoms with van der Waals surface area (Å²) in [4.78, 5) is 41.7. The molecule has 2 amide bonds. The predicted molar refractivity (Wildman–Crippen MR) is 156 cm³/mol. The summed E-state index contributed by atoms with van der Waals surface area (Å²) in [5.74, 6) is -4.44. The molecule has 1 aliphatic carbocycles. The fraction of sp³-hybridized carbons (Fsp3) is 0.233. The van der Waals surface area contributed by atoms with Crippen LogP contribution in [0.1, 0.15) is 51.0 Å². The van der Waals surface area contributed by atoms with Gasteiger partial charge in [0, 0.05) is 64.5 Å². The Kier molecular flexibility index (Phi) is 8.81. The Hall–Kier alpha value is -4.21. The SMILES string of the molecule is NC(=O)c1cc(-c2cccnc2[C@H](Cc2cc(F)cc(F)c2)NC(=O)Cn2nc(C(F)(F)I)c3c2CCC(=O)C3)ccc1F. The third-order valence-corrected chi connectivity index (χ3v) is 7.66. The summed E-state index contributed by atoms with van der Waals surface area (Å²) in [6, 6.07) is 8.64. The highest BCUT2D eigenvalue weighted by molar-refractivity contribution is 14.1. The van der Waals surface area contributed by atoms with E-state index in [1.54, 1.807) is 12.1 Å². The van der Waals surface area contributed by atoms with Gasteiger partial charge in [0.2, 0.25) is 5.91 Å². The van der Waals surface area contributed by atoms with Crippen LogP contribution in [0.2, 0.25) is 0 Å². The van der Waals surface area contributed by atoms with Crippen LogP contribution in [0.4, 0.5) is 22.0 Å². The van der Waals surface area contributed by atoms with Crippen molar-refractivity contribution in [3.8, 4) is 11.1 Å². The number of alkyl halides is 3. The molecule has 5 rings (SSSR count). The summed E-state index contributed by atoms with van der Waals surface area (Å²) in [7, 11) is 0. The van der Waals surface area contributed by atoms with E-state index >= 15 is 0 Å². The molecule has 0 spiro atoms. The number of carbonyl (C=O) groups is 3. The molecule has 4 aromatic rings.